The minimum atomic E-state index is -0.903. The fourth-order valence-corrected chi connectivity index (χ4v) is 3.35. The number of aryl methyl sites for hydroxylation is 1. The Hall–Kier alpha value is -2.44. The van der Waals surface area contributed by atoms with Crippen LogP contribution in [-0.2, 0) is 6.42 Å². The van der Waals surface area contributed by atoms with Crippen molar-refractivity contribution in [3.63, 3.8) is 0 Å². The Bertz CT molecular complexity index is 966. The van der Waals surface area contributed by atoms with Gasteiger partial charge in [-0.25, -0.2) is 4.79 Å². The Kier molecular flexibility index (Phi) is 10.7. The first-order valence-corrected chi connectivity index (χ1v) is 9.68. The average molecular weight is 463 g/mol. The molecule has 0 saturated heterocycles. The van der Waals surface area contributed by atoms with Gasteiger partial charge in [0.2, 0.25) is 0 Å². The third-order valence-corrected chi connectivity index (χ3v) is 5.01. The third-order valence-electron chi connectivity index (χ3n) is 5.01. The maximum Gasteiger partial charge on any atom is 0.335 e. The number of nitrogens with zero attached hydrogens (tertiary/aromatic N) is 1. The molecule has 31 heavy (non-hydrogen) atoms. The van der Waals surface area contributed by atoms with Crippen LogP contribution in [0.2, 0.25) is 0 Å². The van der Waals surface area contributed by atoms with Crippen molar-refractivity contribution in [1.82, 2.24) is 10.3 Å². The van der Waals surface area contributed by atoms with Crippen molar-refractivity contribution >= 4 is 30.8 Å². The fraction of sp³-hybridized carbons (Fsp3) is 0.250. The Morgan fingerprint density at radius 1 is 1.06 bits per heavy atom. The van der Waals surface area contributed by atoms with Gasteiger partial charge in [-0.1, -0.05) is 42.5 Å². The monoisotopic (exact) mass is 462 g/mol. The van der Waals surface area contributed by atoms with Crippen LogP contribution in [0.15, 0.2) is 67.0 Å². The lowest BCUT2D eigenvalue weighted by atomic mass is 9.98. The van der Waals surface area contributed by atoms with Gasteiger partial charge in [0, 0.05) is 30.5 Å². The summed E-state index contributed by atoms with van der Waals surface area (Å²) < 4.78 is 0. The number of hydrogen-bond acceptors (Lipinski definition) is 4. The Morgan fingerprint density at radius 2 is 1.74 bits per heavy atom. The molecule has 0 spiro atoms. The summed E-state index contributed by atoms with van der Waals surface area (Å²) in [6.45, 7) is 4.38. The van der Waals surface area contributed by atoms with Gasteiger partial charge in [0.1, 0.15) is 0 Å². The van der Waals surface area contributed by atoms with E-state index in [9.17, 15) is 9.90 Å². The first-order valence-electron chi connectivity index (χ1n) is 9.68. The summed E-state index contributed by atoms with van der Waals surface area (Å²) in [7, 11) is 0. The number of halogens is 2. The number of carbonyl (C=O) groups is 1. The summed E-state index contributed by atoms with van der Waals surface area (Å²) in [4.78, 5) is 15.2. The van der Waals surface area contributed by atoms with Crippen LogP contribution >= 0.6 is 24.8 Å². The third kappa shape index (κ3) is 7.33. The predicted octanol–water partition coefficient (Wildman–Crippen LogP) is 4.85. The minimum absolute atomic E-state index is 0. The van der Waals surface area contributed by atoms with Gasteiger partial charge in [-0.05, 0) is 54.7 Å². The lowest BCUT2D eigenvalue weighted by Gasteiger charge is -2.17. The van der Waals surface area contributed by atoms with Crippen molar-refractivity contribution in [3.8, 4) is 11.1 Å². The van der Waals surface area contributed by atoms with Crippen LogP contribution < -0.4 is 5.32 Å². The molecule has 0 radical (unpaired) electrons. The van der Waals surface area contributed by atoms with E-state index in [1.54, 1.807) is 18.5 Å². The van der Waals surface area contributed by atoms with E-state index in [1.165, 1.54) is 5.56 Å². The molecule has 2 atom stereocenters. The van der Waals surface area contributed by atoms with Gasteiger partial charge in [-0.2, -0.15) is 0 Å². The number of nitrogens with one attached hydrogen (secondary N) is 1. The lowest BCUT2D eigenvalue weighted by Crippen LogP contribution is -2.32. The summed E-state index contributed by atoms with van der Waals surface area (Å²) in [6.07, 6.45) is 3.64. The fourth-order valence-electron chi connectivity index (χ4n) is 3.35. The number of aromatic carboxylic acids is 1. The molecule has 0 amide bonds. The molecule has 1 heterocycles. The van der Waals surface area contributed by atoms with Crippen molar-refractivity contribution in [2.24, 2.45) is 0 Å². The minimum Gasteiger partial charge on any atom is -0.478 e. The summed E-state index contributed by atoms with van der Waals surface area (Å²) in [5.74, 6) is -0.903. The number of aromatic nitrogens is 1. The molecule has 5 nitrogen and oxygen atoms in total. The zero-order valence-electron chi connectivity index (χ0n) is 17.5. The highest BCUT2D eigenvalue weighted by molar-refractivity contribution is 5.90. The smallest absolute Gasteiger partial charge is 0.335 e. The number of aliphatic hydroxyl groups excluding tert-OH is 1. The largest absolute Gasteiger partial charge is 0.478 e. The van der Waals surface area contributed by atoms with Crippen molar-refractivity contribution in [2.75, 3.05) is 6.54 Å². The van der Waals surface area contributed by atoms with Crippen LogP contribution in [0.3, 0.4) is 0 Å². The molecule has 3 N–H and O–H groups in total. The molecular weight excluding hydrogens is 435 g/mol. The summed E-state index contributed by atoms with van der Waals surface area (Å²) in [5, 5.41) is 22.8. The van der Waals surface area contributed by atoms with E-state index in [0.717, 1.165) is 28.7 Å². The number of pyridine rings is 1. The van der Waals surface area contributed by atoms with Gasteiger partial charge in [-0.15, -0.1) is 24.8 Å². The number of aliphatic hydroxyl groups is 1. The molecule has 0 bridgehead atoms. The SMILES string of the molecule is Cc1cc(-c2ccc(C[C@@H](C)NC[C@@H](O)c3cccnc3)cc2)ccc1C(=O)O.Cl.Cl. The lowest BCUT2D eigenvalue weighted by molar-refractivity contribution is 0.0696. The number of hydrogen-bond donors (Lipinski definition) is 3. The van der Waals surface area contributed by atoms with Crippen LogP contribution in [-0.4, -0.2) is 33.8 Å². The van der Waals surface area contributed by atoms with Crippen LogP contribution in [0, 0.1) is 6.92 Å². The second kappa shape index (κ2) is 12.4. The van der Waals surface area contributed by atoms with E-state index in [0.29, 0.717) is 12.1 Å². The summed E-state index contributed by atoms with van der Waals surface area (Å²) in [5.41, 5.74) is 5.15. The Morgan fingerprint density at radius 3 is 2.32 bits per heavy atom. The zero-order valence-corrected chi connectivity index (χ0v) is 19.1. The molecular formula is C24H28Cl2N2O3. The maximum atomic E-state index is 11.2. The first-order chi connectivity index (χ1) is 13.9. The average Bonchev–Trinajstić information content (AvgIpc) is 2.73. The molecule has 0 unspecified atom stereocenters. The zero-order chi connectivity index (χ0) is 20.8. The van der Waals surface area contributed by atoms with Crippen LogP contribution in [0.25, 0.3) is 11.1 Å². The van der Waals surface area contributed by atoms with Crippen molar-refractivity contribution in [1.29, 1.82) is 0 Å². The van der Waals surface area contributed by atoms with Gasteiger partial charge < -0.3 is 15.5 Å². The van der Waals surface area contributed by atoms with E-state index < -0.39 is 12.1 Å². The molecule has 0 saturated carbocycles. The Balaban J connectivity index is 0.00000240. The van der Waals surface area contributed by atoms with E-state index >= 15 is 0 Å². The Labute approximate surface area is 195 Å². The highest BCUT2D eigenvalue weighted by Crippen LogP contribution is 2.23. The summed E-state index contributed by atoms with van der Waals surface area (Å²) in [6, 6.07) is 17.6. The molecule has 7 heteroatoms. The highest BCUT2D eigenvalue weighted by Gasteiger charge is 2.11. The van der Waals surface area contributed by atoms with Gasteiger partial charge in [-0.3, -0.25) is 4.98 Å². The number of rotatable bonds is 8. The topological polar surface area (TPSA) is 82.5 Å². The van der Waals surface area contributed by atoms with Crippen molar-refractivity contribution in [3.05, 3.63) is 89.2 Å². The van der Waals surface area contributed by atoms with Gasteiger partial charge in [0.05, 0.1) is 11.7 Å². The second-order valence-corrected chi connectivity index (χ2v) is 7.35. The van der Waals surface area contributed by atoms with Gasteiger partial charge in [0.15, 0.2) is 0 Å². The molecule has 0 aliphatic carbocycles. The van der Waals surface area contributed by atoms with Gasteiger partial charge in [0.25, 0.3) is 0 Å². The predicted molar refractivity (Wildman–Crippen MR) is 128 cm³/mol. The standard InChI is InChI=1S/C24H26N2O3.2ClH/c1-16-12-20(9-10-22(16)24(28)29)19-7-5-18(6-8-19)13-17(2)26-15-23(27)21-4-3-11-25-14-21;;/h3-12,14,17,23,26-27H,13,15H2,1-2H3,(H,28,29);2*1H/t17-,23-;;/m1../s1. The molecule has 166 valence electrons. The van der Waals surface area contributed by atoms with Gasteiger partial charge >= 0.3 is 5.97 Å². The quantitative estimate of drug-likeness (QED) is 0.445. The molecule has 3 rings (SSSR count). The number of carboxylic acids is 1. The second-order valence-electron chi connectivity index (χ2n) is 7.35. The highest BCUT2D eigenvalue weighted by atomic mass is 35.5. The molecule has 0 fully saturated rings. The number of carboxylic acid groups (broad SMARTS) is 1. The van der Waals surface area contributed by atoms with Crippen molar-refractivity contribution in [2.45, 2.75) is 32.4 Å². The summed E-state index contributed by atoms with van der Waals surface area (Å²) >= 11 is 0. The van der Waals surface area contributed by atoms with E-state index in [1.807, 2.05) is 31.2 Å². The van der Waals surface area contributed by atoms with E-state index in [4.69, 9.17) is 5.11 Å². The van der Waals surface area contributed by atoms with Crippen LogP contribution in [0.1, 0.15) is 40.1 Å². The van der Waals surface area contributed by atoms with Crippen LogP contribution in [0.5, 0.6) is 0 Å². The molecule has 3 aromatic rings. The number of benzene rings is 2. The first kappa shape index (κ1) is 26.6. The van der Waals surface area contributed by atoms with E-state index in [-0.39, 0.29) is 30.9 Å². The maximum absolute atomic E-state index is 11.2. The molecule has 2 aromatic carbocycles. The molecule has 0 aliphatic rings. The van der Waals surface area contributed by atoms with Crippen LogP contribution in [0.4, 0.5) is 0 Å². The molecule has 0 aliphatic heterocycles. The molecule has 1 aromatic heterocycles. The normalized spacial score (nSPS) is 12.2. The van der Waals surface area contributed by atoms with Crippen molar-refractivity contribution < 1.29 is 15.0 Å². The van der Waals surface area contributed by atoms with E-state index in [2.05, 4.69) is 41.5 Å².